The maximum atomic E-state index is 14.9. The van der Waals surface area contributed by atoms with Crippen LogP contribution in [0.5, 0.6) is 17.4 Å². The molecule has 2 saturated carbocycles. The number of nitrogens with one attached hydrogen (secondary N) is 2. The largest absolute Gasteiger partial charge is 0.497 e. The van der Waals surface area contributed by atoms with Crippen LogP contribution in [0.2, 0.25) is 0 Å². The number of carbonyl (C=O) groups excluding carboxylic acids is 3. The van der Waals surface area contributed by atoms with Crippen LogP contribution in [0.25, 0.3) is 22.3 Å². The monoisotopic (exact) mass is 822 g/mol. The number of fused-ring (bicyclic) bond motifs is 3. The van der Waals surface area contributed by atoms with E-state index in [0.29, 0.717) is 60.0 Å². The zero-order chi connectivity index (χ0) is 41.3. The van der Waals surface area contributed by atoms with Crippen LogP contribution in [0.4, 0.5) is 4.79 Å². The Balaban J connectivity index is 1.15. The van der Waals surface area contributed by atoms with Crippen LogP contribution >= 0.6 is 0 Å². The lowest BCUT2D eigenvalue weighted by Crippen LogP contribution is -2.57. The molecule has 4 amide bonds. The molecule has 310 valence electrons. The van der Waals surface area contributed by atoms with E-state index in [1.165, 1.54) is 4.90 Å². The van der Waals surface area contributed by atoms with Gasteiger partial charge >= 0.3 is 6.03 Å². The van der Waals surface area contributed by atoms with E-state index in [0.717, 1.165) is 42.4 Å². The molecule has 1 aromatic heterocycles. The van der Waals surface area contributed by atoms with Gasteiger partial charge in [-0.3, -0.25) is 14.3 Å². The van der Waals surface area contributed by atoms with Crippen molar-refractivity contribution >= 4 is 38.8 Å². The second-order valence-corrected chi connectivity index (χ2v) is 17.9. The maximum absolute atomic E-state index is 14.9. The van der Waals surface area contributed by atoms with Gasteiger partial charge in [0, 0.05) is 36.6 Å². The first-order chi connectivity index (χ1) is 28.5. The molecule has 0 radical (unpaired) electrons. The molecule has 3 fully saturated rings. The number of aryl methyl sites for hydroxylation is 1. The van der Waals surface area contributed by atoms with Crippen LogP contribution in [-0.4, -0.2) is 96.3 Å². The lowest BCUT2D eigenvalue weighted by molar-refractivity contribution is -0.131. The zero-order valence-corrected chi connectivity index (χ0v) is 34.4. The molecule has 59 heavy (non-hydrogen) atoms. The summed E-state index contributed by atoms with van der Waals surface area (Å²) in [6, 6.07) is 19.4. The second-order valence-electron chi connectivity index (χ2n) is 15.9. The van der Waals surface area contributed by atoms with Gasteiger partial charge in [0.25, 0.3) is 5.91 Å². The van der Waals surface area contributed by atoms with Crippen molar-refractivity contribution in [3.05, 3.63) is 90.0 Å². The number of allylic oxidation sites excluding steroid dienone is 1. The lowest BCUT2D eigenvalue weighted by atomic mass is 10.1. The number of benzene rings is 3. The predicted octanol–water partition coefficient (Wildman–Crippen LogP) is 5.68. The van der Waals surface area contributed by atoms with Gasteiger partial charge in [0.15, 0.2) is 5.82 Å². The molecule has 8 rings (SSSR count). The number of rotatable bonds is 10. The number of sulfonamides is 1. The fraction of sp³-hybridized carbons (Fsp3) is 0.432. The third-order valence-electron chi connectivity index (χ3n) is 11.8. The van der Waals surface area contributed by atoms with Crippen molar-refractivity contribution in [1.82, 2.24) is 29.8 Å². The van der Waals surface area contributed by atoms with Crippen LogP contribution in [-0.2, 0) is 26.2 Å². The normalized spacial score (nSPS) is 23.7. The van der Waals surface area contributed by atoms with E-state index in [9.17, 15) is 22.8 Å². The average Bonchev–Trinajstić information content (AvgIpc) is 4.17. The highest BCUT2D eigenvalue weighted by molar-refractivity contribution is 7.91. The van der Waals surface area contributed by atoms with Crippen LogP contribution in [0.1, 0.15) is 62.5 Å². The number of carbonyl (C=O) groups is 3. The minimum Gasteiger partial charge on any atom is -0.497 e. The summed E-state index contributed by atoms with van der Waals surface area (Å²) in [5, 5.41) is 2.99. The summed E-state index contributed by atoms with van der Waals surface area (Å²) >= 11 is 0. The van der Waals surface area contributed by atoms with Crippen molar-refractivity contribution in [2.45, 2.75) is 87.8 Å². The molecule has 3 aromatic carbocycles. The minimum atomic E-state index is -3.88. The number of aromatic nitrogens is 2. The quantitative estimate of drug-likeness (QED) is 0.190. The van der Waals surface area contributed by atoms with Crippen molar-refractivity contribution in [2.24, 2.45) is 5.92 Å². The Hall–Kier alpha value is -5.70. The van der Waals surface area contributed by atoms with E-state index in [4.69, 9.17) is 24.2 Å². The van der Waals surface area contributed by atoms with Gasteiger partial charge in [-0.2, -0.15) is 4.98 Å². The minimum absolute atomic E-state index is 0.0515. The highest BCUT2D eigenvalue weighted by Gasteiger charge is 2.62. The van der Waals surface area contributed by atoms with E-state index >= 15 is 0 Å². The van der Waals surface area contributed by atoms with E-state index in [-0.39, 0.29) is 25.4 Å². The van der Waals surface area contributed by atoms with Gasteiger partial charge in [0.2, 0.25) is 21.8 Å². The number of methoxy groups -OCH3 is 2. The Morgan fingerprint density at radius 3 is 2.47 bits per heavy atom. The average molecular weight is 823 g/mol. The van der Waals surface area contributed by atoms with E-state index < -0.39 is 50.7 Å². The van der Waals surface area contributed by atoms with E-state index in [1.54, 1.807) is 19.1 Å². The van der Waals surface area contributed by atoms with Gasteiger partial charge in [-0.1, -0.05) is 61.0 Å². The molecule has 4 aromatic rings. The SMILES string of the molecule is COc1ccc(CN2CCCCCC=C[C@@H]3C[C@@]3(C(=O)NS(=O)(=O)C3CC3)NC(=O)[C@@H]3C[C@@H](Oc4nc(-c5ccccc5)nc5c(C)c(OC)ccc45)CN3C2=O)cc1. The summed E-state index contributed by atoms with van der Waals surface area (Å²) < 4.78 is 45.9. The molecular weight excluding hydrogens is 773 g/mol. The first-order valence-corrected chi connectivity index (χ1v) is 21.8. The maximum Gasteiger partial charge on any atom is 0.321 e. The summed E-state index contributed by atoms with van der Waals surface area (Å²) in [6.07, 6.45) is 7.73. The van der Waals surface area contributed by atoms with E-state index in [1.807, 2.05) is 85.8 Å². The summed E-state index contributed by atoms with van der Waals surface area (Å²) in [5.74, 6) is 0.374. The number of nitrogens with zero attached hydrogens (tertiary/aromatic N) is 4. The van der Waals surface area contributed by atoms with Crippen molar-refractivity contribution in [3.8, 4) is 28.8 Å². The Morgan fingerprint density at radius 2 is 1.75 bits per heavy atom. The topological polar surface area (TPSA) is 169 Å². The molecular formula is C44H50N6O8S. The van der Waals surface area contributed by atoms with Gasteiger partial charge in [0.05, 0.1) is 36.9 Å². The fourth-order valence-corrected chi connectivity index (χ4v) is 9.52. The molecule has 2 aliphatic heterocycles. The number of amides is 4. The number of hydrogen-bond acceptors (Lipinski definition) is 10. The molecule has 0 spiro atoms. The standard InChI is InChI=1S/C44H50N6O8S/c1-28-37(57-3)22-21-35-38(28)45-39(30-12-8-7-9-13-30)46-41(35)58-33-24-36-40(51)47-44(42(52)48-59(54,55)34-19-20-34)25-31(44)14-10-5-4-6-11-23-49(43(53)50(36)27-33)26-29-15-17-32(56-2)18-16-29/h7-10,12-18,21-22,31,33-34,36H,4-6,11,19-20,23-27H2,1-3H3,(H,47,51)(H,48,52)/t31-,33-,36+,44-/m1/s1. The summed E-state index contributed by atoms with van der Waals surface area (Å²) in [5.41, 5.74) is 1.65. The molecule has 0 bridgehead atoms. The molecule has 4 aliphatic rings. The second kappa shape index (κ2) is 16.5. The number of hydrogen-bond donors (Lipinski definition) is 2. The highest BCUT2D eigenvalue weighted by atomic mass is 32.2. The smallest absolute Gasteiger partial charge is 0.321 e. The van der Waals surface area contributed by atoms with Gasteiger partial charge in [-0.25, -0.2) is 18.2 Å². The molecule has 2 N–H and O–H groups in total. The number of ether oxygens (including phenoxy) is 3. The molecule has 0 unspecified atom stereocenters. The van der Waals surface area contributed by atoms with Crippen LogP contribution in [0.3, 0.4) is 0 Å². The molecule has 15 heteroatoms. The summed E-state index contributed by atoms with van der Waals surface area (Å²) in [4.78, 5) is 56.5. The predicted molar refractivity (Wildman–Crippen MR) is 221 cm³/mol. The van der Waals surface area contributed by atoms with Crippen molar-refractivity contribution in [1.29, 1.82) is 0 Å². The van der Waals surface area contributed by atoms with Crippen LogP contribution in [0.15, 0.2) is 78.9 Å². The Bertz CT molecular complexity index is 2370. The van der Waals surface area contributed by atoms with Crippen molar-refractivity contribution in [2.75, 3.05) is 27.3 Å². The lowest BCUT2D eigenvalue weighted by Gasteiger charge is -2.32. The Morgan fingerprint density at radius 1 is 0.966 bits per heavy atom. The highest BCUT2D eigenvalue weighted by Crippen LogP contribution is 2.46. The Labute approximate surface area is 344 Å². The Kier molecular flexibility index (Phi) is 11.2. The van der Waals surface area contributed by atoms with Crippen molar-refractivity contribution in [3.63, 3.8) is 0 Å². The van der Waals surface area contributed by atoms with Crippen LogP contribution < -0.4 is 24.2 Å². The molecule has 3 heterocycles. The third kappa shape index (κ3) is 8.43. The van der Waals surface area contributed by atoms with E-state index in [2.05, 4.69) is 10.0 Å². The summed E-state index contributed by atoms with van der Waals surface area (Å²) in [6.45, 7) is 2.72. The third-order valence-corrected chi connectivity index (χ3v) is 13.6. The molecule has 2 aliphatic carbocycles. The summed E-state index contributed by atoms with van der Waals surface area (Å²) in [7, 11) is -0.684. The molecule has 1 saturated heterocycles. The van der Waals surface area contributed by atoms with Gasteiger partial charge < -0.3 is 29.3 Å². The first kappa shape index (κ1) is 40.1. The molecule has 14 nitrogen and oxygen atoms in total. The first-order valence-electron chi connectivity index (χ1n) is 20.3. The molecule has 4 atom stereocenters. The number of urea groups is 1. The van der Waals surface area contributed by atoms with Gasteiger partial charge in [-0.05, 0) is 75.3 Å². The van der Waals surface area contributed by atoms with Gasteiger partial charge in [0.1, 0.15) is 29.2 Å². The van der Waals surface area contributed by atoms with Crippen molar-refractivity contribution < 1.29 is 37.0 Å². The van der Waals surface area contributed by atoms with Gasteiger partial charge in [-0.15, -0.1) is 0 Å². The fourth-order valence-electron chi connectivity index (χ4n) is 8.16. The zero-order valence-electron chi connectivity index (χ0n) is 33.6. The van der Waals surface area contributed by atoms with Crippen LogP contribution in [0, 0.1) is 12.8 Å².